The topological polar surface area (TPSA) is 45.8 Å². The summed E-state index contributed by atoms with van der Waals surface area (Å²) in [6.45, 7) is 3.55. The molecule has 0 unspecified atom stereocenters. The summed E-state index contributed by atoms with van der Waals surface area (Å²) in [7, 11) is 0. The average Bonchev–Trinajstić information content (AvgIpc) is 2.92. The van der Waals surface area contributed by atoms with E-state index in [0.717, 1.165) is 27.0 Å². The predicted octanol–water partition coefficient (Wildman–Crippen LogP) is 3.80. The number of nitrogens with one attached hydrogen (secondary N) is 1. The van der Waals surface area contributed by atoms with Crippen LogP contribution in [0.2, 0.25) is 0 Å². The summed E-state index contributed by atoms with van der Waals surface area (Å²) in [5.41, 5.74) is 3.05. The normalized spacial score (nSPS) is 11.0. The molecule has 0 aliphatic rings. The lowest BCUT2D eigenvalue weighted by Gasteiger charge is -1.95. The lowest BCUT2D eigenvalue weighted by molar-refractivity contribution is 0.101. The minimum atomic E-state index is 0.0224. The minimum Gasteiger partial charge on any atom is -0.360 e. The number of para-hydroxylation sites is 1. The van der Waals surface area contributed by atoms with Gasteiger partial charge in [0.2, 0.25) is 0 Å². The molecule has 0 saturated carbocycles. The first-order valence-electron chi connectivity index (χ1n) is 5.71. The van der Waals surface area contributed by atoms with E-state index in [-0.39, 0.29) is 5.78 Å². The van der Waals surface area contributed by atoms with E-state index in [1.54, 1.807) is 6.92 Å². The summed E-state index contributed by atoms with van der Waals surface area (Å²) in [6.07, 6.45) is 1.95. The van der Waals surface area contributed by atoms with Crippen molar-refractivity contribution in [2.45, 2.75) is 13.8 Å². The highest BCUT2D eigenvalue weighted by molar-refractivity contribution is 7.14. The maximum absolute atomic E-state index is 11.4. The van der Waals surface area contributed by atoms with E-state index < -0.39 is 0 Å². The molecule has 4 heteroatoms. The number of aromatic amines is 1. The molecule has 2 aromatic heterocycles. The van der Waals surface area contributed by atoms with Gasteiger partial charge < -0.3 is 4.98 Å². The van der Waals surface area contributed by atoms with Gasteiger partial charge in [0.1, 0.15) is 0 Å². The second kappa shape index (κ2) is 4.07. The van der Waals surface area contributed by atoms with Crippen molar-refractivity contribution in [3.63, 3.8) is 0 Å². The summed E-state index contributed by atoms with van der Waals surface area (Å²) in [5.74, 6) is 0.0224. The Labute approximate surface area is 108 Å². The third-order valence-electron chi connectivity index (χ3n) is 2.94. The van der Waals surface area contributed by atoms with Crippen molar-refractivity contribution >= 4 is 28.0 Å². The van der Waals surface area contributed by atoms with E-state index in [1.807, 2.05) is 31.3 Å². The molecule has 0 atom stereocenters. The van der Waals surface area contributed by atoms with Crippen LogP contribution in [0.4, 0.5) is 0 Å². The Morgan fingerprint density at radius 1 is 1.33 bits per heavy atom. The molecular weight excluding hydrogens is 244 g/mol. The van der Waals surface area contributed by atoms with Crippen molar-refractivity contribution in [2.24, 2.45) is 0 Å². The van der Waals surface area contributed by atoms with Crippen LogP contribution in [0.1, 0.15) is 21.6 Å². The summed E-state index contributed by atoms with van der Waals surface area (Å²) >= 11 is 1.45. The molecule has 0 bridgehead atoms. The number of Topliss-reactive ketones (excluding diaryl/α,β-unsaturated/α-hetero) is 1. The Hall–Kier alpha value is -1.94. The van der Waals surface area contributed by atoms with Crippen molar-refractivity contribution < 1.29 is 4.79 Å². The number of carbonyl (C=O) groups excluding carboxylic acids is 1. The van der Waals surface area contributed by atoms with E-state index in [4.69, 9.17) is 0 Å². The predicted molar refractivity (Wildman–Crippen MR) is 74.1 cm³/mol. The fourth-order valence-corrected chi connectivity index (χ4v) is 2.89. The van der Waals surface area contributed by atoms with Gasteiger partial charge >= 0.3 is 0 Å². The monoisotopic (exact) mass is 256 g/mol. The number of benzene rings is 1. The van der Waals surface area contributed by atoms with Crippen LogP contribution < -0.4 is 0 Å². The van der Waals surface area contributed by atoms with Gasteiger partial charge in [-0.3, -0.25) is 4.79 Å². The van der Waals surface area contributed by atoms with Crippen molar-refractivity contribution in [3.05, 3.63) is 40.3 Å². The van der Waals surface area contributed by atoms with Crippen molar-refractivity contribution in [1.82, 2.24) is 9.97 Å². The van der Waals surface area contributed by atoms with Gasteiger partial charge in [0, 0.05) is 34.5 Å². The van der Waals surface area contributed by atoms with E-state index in [2.05, 4.69) is 16.0 Å². The van der Waals surface area contributed by atoms with Crippen LogP contribution in [0, 0.1) is 6.92 Å². The molecule has 0 fully saturated rings. The molecule has 0 spiro atoms. The maximum Gasteiger partial charge on any atom is 0.188 e. The molecule has 0 radical (unpaired) electrons. The van der Waals surface area contributed by atoms with E-state index in [1.165, 1.54) is 11.3 Å². The summed E-state index contributed by atoms with van der Waals surface area (Å²) in [6, 6.07) is 8.10. The number of fused-ring (bicyclic) bond motifs is 1. The van der Waals surface area contributed by atoms with Gasteiger partial charge in [-0.05, 0) is 13.0 Å². The number of ketones is 1. The quantitative estimate of drug-likeness (QED) is 0.709. The Balaban J connectivity index is 2.23. The van der Waals surface area contributed by atoms with Crippen molar-refractivity contribution in [1.29, 1.82) is 0 Å². The average molecular weight is 256 g/mol. The molecule has 0 amide bonds. The molecule has 0 aliphatic heterocycles. The number of aryl methyl sites for hydroxylation is 1. The van der Waals surface area contributed by atoms with Gasteiger partial charge in [-0.1, -0.05) is 18.2 Å². The van der Waals surface area contributed by atoms with Crippen LogP contribution in [-0.2, 0) is 0 Å². The number of aromatic nitrogens is 2. The molecule has 3 rings (SSSR count). The van der Waals surface area contributed by atoms with Gasteiger partial charge in [0.25, 0.3) is 0 Å². The summed E-state index contributed by atoms with van der Waals surface area (Å²) < 4.78 is 0. The largest absolute Gasteiger partial charge is 0.360 e. The number of nitrogens with zero attached hydrogens (tertiary/aromatic N) is 1. The maximum atomic E-state index is 11.4. The van der Waals surface area contributed by atoms with Gasteiger partial charge in [-0.15, -0.1) is 11.3 Å². The lowest BCUT2D eigenvalue weighted by Crippen LogP contribution is -1.89. The number of hydrogen-bond donors (Lipinski definition) is 1. The Kier molecular flexibility index (Phi) is 2.52. The van der Waals surface area contributed by atoms with Gasteiger partial charge in [0.15, 0.2) is 10.8 Å². The first kappa shape index (κ1) is 11.2. The zero-order valence-electron chi connectivity index (χ0n) is 10.2. The fraction of sp³-hybridized carbons (Fsp3) is 0.143. The van der Waals surface area contributed by atoms with Crippen LogP contribution in [0.15, 0.2) is 30.5 Å². The zero-order chi connectivity index (χ0) is 12.7. The Bertz CT molecular complexity index is 739. The van der Waals surface area contributed by atoms with Gasteiger partial charge in [-0.2, -0.15) is 0 Å². The van der Waals surface area contributed by atoms with Crippen LogP contribution in [-0.4, -0.2) is 15.8 Å². The van der Waals surface area contributed by atoms with Crippen LogP contribution in [0.25, 0.3) is 22.2 Å². The third-order valence-corrected chi connectivity index (χ3v) is 4.01. The molecule has 1 N–H and O–H groups in total. The lowest BCUT2D eigenvalue weighted by atomic mass is 10.1. The molecule has 90 valence electrons. The molecule has 0 aliphatic carbocycles. The van der Waals surface area contributed by atoms with E-state index in [0.29, 0.717) is 5.01 Å². The number of H-pyrrole nitrogens is 1. The summed E-state index contributed by atoms with van der Waals surface area (Å²) in [4.78, 5) is 20.1. The Morgan fingerprint density at radius 3 is 2.83 bits per heavy atom. The van der Waals surface area contributed by atoms with Gasteiger partial charge in [-0.25, -0.2) is 4.98 Å². The number of hydrogen-bond acceptors (Lipinski definition) is 3. The highest BCUT2D eigenvalue weighted by Gasteiger charge is 2.15. The first-order valence-corrected chi connectivity index (χ1v) is 6.53. The molecule has 0 saturated heterocycles. The molecule has 18 heavy (non-hydrogen) atoms. The SMILES string of the molecule is CC(=O)c1nc(-c2c[nH]c3ccccc23)c(C)s1. The smallest absolute Gasteiger partial charge is 0.188 e. The highest BCUT2D eigenvalue weighted by Crippen LogP contribution is 2.32. The molecular formula is C14H12N2OS. The molecule has 3 aromatic rings. The second-order valence-corrected chi connectivity index (χ2v) is 5.43. The number of rotatable bonds is 2. The van der Waals surface area contributed by atoms with Crippen molar-refractivity contribution in [3.8, 4) is 11.3 Å². The fourth-order valence-electron chi connectivity index (χ4n) is 2.06. The van der Waals surface area contributed by atoms with Crippen LogP contribution in [0.5, 0.6) is 0 Å². The number of thiazole rings is 1. The van der Waals surface area contributed by atoms with Crippen molar-refractivity contribution in [2.75, 3.05) is 0 Å². The molecule has 1 aromatic carbocycles. The minimum absolute atomic E-state index is 0.0224. The van der Waals surface area contributed by atoms with Crippen LogP contribution in [0.3, 0.4) is 0 Å². The Morgan fingerprint density at radius 2 is 2.11 bits per heavy atom. The molecule has 2 heterocycles. The zero-order valence-corrected chi connectivity index (χ0v) is 11.0. The number of carbonyl (C=O) groups is 1. The van der Waals surface area contributed by atoms with Gasteiger partial charge in [0.05, 0.1) is 5.69 Å². The summed E-state index contributed by atoms with van der Waals surface area (Å²) in [5, 5.41) is 1.72. The van der Waals surface area contributed by atoms with E-state index in [9.17, 15) is 4.79 Å². The standard InChI is InChI=1S/C14H12N2OS/c1-8(17)14-16-13(9(2)18-14)11-7-15-12-6-4-3-5-10(11)12/h3-7,15H,1-2H3. The second-order valence-electron chi connectivity index (χ2n) is 4.23. The third kappa shape index (κ3) is 1.66. The highest BCUT2D eigenvalue weighted by atomic mass is 32.1. The first-order chi connectivity index (χ1) is 8.66. The van der Waals surface area contributed by atoms with E-state index >= 15 is 0 Å². The molecule has 3 nitrogen and oxygen atoms in total. The van der Waals surface area contributed by atoms with Crippen LogP contribution >= 0.6 is 11.3 Å².